The minimum absolute atomic E-state index is 0.0941. The van der Waals surface area contributed by atoms with E-state index >= 15 is 0 Å². The Kier molecular flexibility index (Phi) is 2.23. The molecule has 2 heterocycles. The van der Waals surface area contributed by atoms with E-state index in [2.05, 4.69) is 4.98 Å². The molecule has 0 bridgehead atoms. The normalized spacial score (nSPS) is 10.9. The molecule has 0 aliphatic rings. The highest BCUT2D eigenvalue weighted by Gasteiger charge is 2.22. The number of carbonyl (C=O) groups excluding carboxylic acids is 1. The van der Waals surface area contributed by atoms with Crippen LogP contribution < -0.4 is 0 Å². The smallest absolute Gasteiger partial charge is 0.356 e. The van der Waals surface area contributed by atoms with E-state index in [0.29, 0.717) is 20.7 Å². The Hall–Kier alpha value is -1.82. The van der Waals surface area contributed by atoms with Crippen molar-refractivity contribution in [2.24, 2.45) is 0 Å². The molecule has 2 aromatic heterocycles. The molecule has 3 N–H and O–H groups in total. The molecule has 0 radical (unpaired) electrons. The fourth-order valence-electron chi connectivity index (χ4n) is 1.68. The SMILES string of the molecule is CC(=O)c1sc2[nH]c(C(=O)O)c(O)c2c1C. The van der Waals surface area contributed by atoms with Gasteiger partial charge in [-0.2, -0.15) is 0 Å². The highest BCUT2D eigenvalue weighted by Crippen LogP contribution is 2.38. The number of aromatic nitrogens is 1. The third-order valence-electron chi connectivity index (χ3n) is 2.39. The molecule has 0 fully saturated rings. The molecule has 2 aromatic rings. The van der Waals surface area contributed by atoms with Crippen LogP contribution in [0.15, 0.2) is 0 Å². The number of aromatic amines is 1. The first-order valence-corrected chi connectivity index (χ1v) is 5.33. The van der Waals surface area contributed by atoms with E-state index in [9.17, 15) is 14.7 Å². The predicted molar refractivity (Wildman–Crippen MR) is 59.5 cm³/mol. The minimum atomic E-state index is -1.22. The van der Waals surface area contributed by atoms with Crippen molar-refractivity contribution in [3.8, 4) is 5.75 Å². The largest absolute Gasteiger partial charge is 0.505 e. The summed E-state index contributed by atoms with van der Waals surface area (Å²) in [5.41, 5.74) is 0.383. The van der Waals surface area contributed by atoms with Gasteiger partial charge in [0.1, 0.15) is 4.83 Å². The Morgan fingerprint density at radius 1 is 1.38 bits per heavy atom. The fraction of sp³-hybridized carbons (Fsp3) is 0.200. The lowest BCUT2D eigenvalue weighted by atomic mass is 10.1. The summed E-state index contributed by atoms with van der Waals surface area (Å²) in [4.78, 5) is 25.7. The second-order valence-electron chi connectivity index (χ2n) is 3.47. The quantitative estimate of drug-likeness (QED) is 0.700. The number of Topliss-reactive ketones (excluding diaryl/α,β-unsaturated/α-hetero) is 1. The summed E-state index contributed by atoms with van der Waals surface area (Å²) in [5.74, 6) is -1.61. The Morgan fingerprint density at radius 3 is 2.44 bits per heavy atom. The van der Waals surface area contributed by atoms with E-state index < -0.39 is 5.97 Å². The first kappa shape index (κ1) is 10.7. The number of carboxylic acid groups (broad SMARTS) is 1. The van der Waals surface area contributed by atoms with Crippen molar-refractivity contribution in [1.29, 1.82) is 0 Å². The fourth-order valence-corrected chi connectivity index (χ4v) is 2.78. The van der Waals surface area contributed by atoms with Crippen LogP contribution in [0.3, 0.4) is 0 Å². The number of nitrogens with one attached hydrogen (secondary N) is 1. The lowest BCUT2D eigenvalue weighted by Gasteiger charge is -1.94. The molecule has 0 aliphatic heterocycles. The molecule has 0 amide bonds. The van der Waals surface area contributed by atoms with Crippen LogP contribution in [-0.4, -0.2) is 26.9 Å². The number of hydrogen-bond acceptors (Lipinski definition) is 4. The zero-order valence-corrected chi connectivity index (χ0v) is 9.44. The molecule has 0 atom stereocenters. The van der Waals surface area contributed by atoms with Gasteiger partial charge in [0.25, 0.3) is 0 Å². The maximum Gasteiger partial charge on any atom is 0.356 e. The molecule has 0 spiro atoms. The number of fused-ring (bicyclic) bond motifs is 1. The van der Waals surface area contributed by atoms with Gasteiger partial charge >= 0.3 is 5.97 Å². The second kappa shape index (κ2) is 3.34. The van der Waals surface area contributed by atoms with Crippen molar-refractivity contribution in [1.82, 2.24) is 4.98 Å². The van der Waals surface area contributed by atoms with E-state index in [0.717, 1.165) is 11.3 Å². The van der Waals surface area contributed by atoms with Gasteiger partial charge in [0.15, 0.2) is 17.2 Å². The van der Waals surface area contributed by atoms with Crippen LogP contribution in [-0.2, 0) is 0 Å². The third-order valence-corrected chi connectivity index (χ3v) is 3.70. The van der Waals surface area contributed by atoms with Gasteiger partial charge in [-0.05, 0) is 19.4 Å². The van der Waals surface area contributed by atoms with Gasteiger partial charge in [-0.15, -0.1) is 11.3 Å². The summed E-state index contributed by atoms with van der Waals surface area (Å²) >= 11 is 1.16. The average Bonchev–Trinajstić information content (AvgIpc) is 2.66. The molecule has 84 valence electrons. The zero-order valence-electron chi connectivity index (χ0n) is 8.62. The highest BCUT2D eigenvalue weighted by atomic mass is 32.1. The molecule has 2 rings (SSSR count). The second-order valence-corrected chi connectivity index (χ2v) is 4.49. The monoisotopic (exact) mass is 239 g/mol. The van der Waals surface area contributed by atoms with Crippen molar-refractivity contribution in [2.45, 2.75) is 13.8 Å². The van der Waals surface area contributed by atoms with Gasteiger partial charge in [-0.25, -0.2) is 4.79 Å². The van der Waals surface area contributed by atoms with Crippen molar-refractivity contribution in [2.75, 3.05) is 0 Å². The molecular formula is C10H9NO4S. The number of H-pyrrole nitrogens is 1. The molecule has 0 unspecified atom stereocenters. The third kappa shape index (κ3) is 1.30. The number of aryl methyl sites for hydroxylation is 1. The summed E-state index contributed by atoms with van der Waals surface area (Å²) < 4.78 is 0. The summed E-state index contributed by atoms with van der Waals surface area (Å²) in [6, 6.07) is 0. The van der Waals surface area contributed by atoms with Crippen LogP contribution in [0.5, 0.6) is 5.75 Å². The van der Waals surface area contributed by atoms with Gasteiger partial charge in [-0.1, -0.05) is 0 Å². The number of hydrogen-bond donors (Lipinski definition) is 3. The van der Waals surface area contributed by atoms with Crippen LogP contribution in [0.4, 0.5) is 0 Å². The number of aromatic hydroxyl groups is 1. The van der Waals surface area contributed by atoms with Gasteiger partial charge < -0.3 is 15.2 Å². The average molecular weight is 239 g/mol. The summed E-state index contributed by atoms with van der Waals surface area (Å²) in [7, 11) is 0. The lowest BCUT2D eigenvalue weighted by molar-refractivity contribution is 0.0688. The van der Waals surface area contributed by atoms with Gasteiger partial charge in [0.05, 0.1) is 10.3 Å². The van der Waals surface area contributed by atoms with Gasteiger partial charge in [0, 0.05) is 0 Å². The Morgan fingerprint density at radius 2 is 2.00 bits per heavy atom. The summed E-state index contributed by atoms with van der Waals surface area (Å²) in [6.45, 7) is 3.13. The van der Waals surface area contributed by atoms with Crippen molar-refractivity contribution < 1.29 is 19.8 Å². The molecule has 16 heavy (non-hydrogen) atoms. The number of ketones is 1. The molecule has 0 saturated carbocycles. The number of aromatic carboxylic acids is 1. The topological polar surface area (TPSA) is 90.4 Å². The Labute approximate surface area is 94.3 Å². The Balaban J connectivity index is 2.79. The molecular weight excluding hydrogens is 230 g/mol. The molecule has 0 aromatic carbocycles. The van der Waals surface area contributed by atoms with E-state index in [4.69, 9.17) is 5.11 Å². The lowest BCUT2D eigenvalue weighted by Crippen LogP contribution is -1.96. The maximum absolute atomic E-state index is 11.3. The van der Waals surface area contributed by atoms with E-state index in [1.165, 1.54) is 6.92 Å². The van der Waals surface area contributed by atoms with Gasteiger partial charge in [-0.3, -0.25) is 4.79 Å². The number of carboxylic acids is 1. The van der Waals surface area contributed by atoms with E-state index in [1.807, 2.05) is 0 Å². The molecule has 0 saturated heterocycles. The number of rotatable bonds is 2. The first-order chi connectivity index (χ1) is 7.43. The Bertz CT molecular complexity index is 558. The number of thiophene rings is 1. The number of carbonyl (C=O) groups is 2. The van der Waals surface area contributed by atoms with Crippen LogP contribution in [0, 0.1) is 6.92 Å². The first-order valence-electron chi connectivity index (χ1n) is 4.51. The maximum atomic E-state index is 11.3. The van der Waals surface area contributed by atoms with Crippen molar-refractivity contribution in [3.05, 3.63) is 16.1 Å². The zero-order chi connectivity index (χ0) is 12.0. The predicted octanol–water partition coefficient (Wildman–Crippen LogP) is 2.14. The van der Waals surface area contributed by atoms with Gasteiger partial charge in [0.2, 0.25) is 0 Å². The van der Waals surface area contributed by atoms with Crippen molar-refractivity contribution in [3.63, 3.8) is 0 Å². The van der Waals surface area contributed by atoms with Crippen LogP contribution >= 0.6 is 11.3 Å². The standard InChI is InChI=1S/C10H9NO4S/c1-3-5-7(13)6(10(14)15)11-9(5)16-8(3)4(2)12/h11,13H,1-2H3,(H,14,15). The van der Waals surface area contributed by atoms with E-state index in [-0.39, 0.29) is 17.2 Å². The molecule has 0 aliphatic carbocycles. The minimum Gasteiger partial charge on any atom is -0.505 e. The van der Waals surface area contributed by atoms with Crippen LogP contribution in [0.1, 0.15) is 32.6 Å². The molecule has 6 heteroatoms. The summed E-state index contributed by atoms with van der Waals surface area (Å²) in [5, 5.41) is 18.9. The molecule has 5 nitrogen and oxygen atoms in total. The highest BCUT2D eigenvalue weighted by molar-refractivity contribution is 7.20. The van der Waals surface area contributed by atoms with Crippen LogP contribution in [0.25, 0.3) is 10.2 Å². The van der Waals surface area contributed by atoms with Crippen molar-refractivity contribution >= 4 is 33.3 Å². The summed E-state index contributed by atoms with van der Waals surface area (Å²) in [6.07, 6.45) is 0. The van der Waals surface area contributed by atoms with Crippen LogP contribution in [0.2, 0.25) is 0 Å². The van der Waals surface area contributed by atoms with E-state index in [1.54, 1.807) is 6.92 Å².